The molecule has 6 rings (SSSR count). The molecule has 1 amide bonds. The highest BCUT2D eigenvalue weighted by molar-refractivity contribution is 5.98. The summed E-state index contributed by atoms with van der Waals surface area (Å²) in [6, 6.07) is 10.1. The van der Waals surface area contributed by atoms with Gasteiger partial charge in [-0.1, -0.05) is 13.0 Å². The monoisotopic (exact) mass is 374 g/mol. The van der Waals surface area contributed by atoms with Crippen LogP contribution in [0.1, 0.15) is 34.8 Å². The Labute approximate surface area is 162 Å². The maximum Gasteiger partial charge on any atom is 0.254 e. The molecule has 0 saturated carbocycles. The molecular weight excluding hydrogens is 352 g/mol. The van der Waals surface area contributed by atoms with E-state index in [0.29, 0.717) is 5.92 Å². The number of nitrogens with zero attached hydrogens (tertiary/aromatic N) is 2. The Morgan fingerprint density at radius 1 is 1.32 bits per heavy atom. The Hall–Kier alpha value is -3.02. The van der Waals surface area contributed by atoms with Gasteiger partial charge >= 0.3 is 0 Å². The highest BCUT2D eigenvalue weighted by Crippen LogP contribution is 2.60. The van der Waals surface area contributed by atoms with Gasteiger partial charge in [-0.25, -0.2) is 4.98 Å². The topological polar surface area (TPSA) is 70.2 Å². The molecule has 28 heavy (non-hydrogen) atoms. The summed E-state index contributed by atoms with van der Waals surface area (Å²) in [5.74, 6) is 1.38. The molecule has 2 N–H and O–H groups in total. The number of ether oxygens (including phenoxy) is 1. The van der Waals surface area contributed by atoms with Crippen LogP contribution >= 0.6 is 0 Å². The third kappa shape index (κ3) is 1.83. The molecule has 1 fully saturated rings. The smallest absolute Gasteiger partial charge is 0.254 e. The number of aromatic nitrogens is 2. The maximum atomic E-state index is 13.4. The quantitative estimate of drug-likeness (QED) is 0.722. The maximum absolute atomic E-state index is 13.4. The van der Waals surface area contributed by atoms with E-state index in [4.69, 9.17) is 4.74 Å². The van der Waals surface area contributed by atoms with Gasteiger partial charge in [0.2, 0.25) is 0 Å². The SMILES string of the molecule is COc1ccc2c3c1N[C@]31CCN(C(=O)c3ccc4nc[nH]c4c3)[C@H](C2)[C@H]1C. The fraction of sp³-hybridized carbons (Fsp3) is 0.364. The van der Waals surface area contributed by atoms with Crippen LogP contribution in [-0.2, 0) is 12.0 Å². The lowest BCUT2D eigenvalue weighted by Gasteiger charge is -2.61. The molecule has 1 aliphatic carbocycles. The summed E-state index contributed by atoms with van der Waals surface area (Å²) in [5.41, 5.74) is 6.40. The molecule has 1 aromatic heterocycles. The molecule has 3 aliphatic rings. The Bertz CT molecular complexity index is 1140. The van der Waals surface area contributed by atoms with E-state index in [-0.39, 0.29) is 17.5 Å². The van der Waals surface area contributed by atoms with Gasteiger partial charge < -0.3 is 19.9 Å². The molecule has 142 valence electrons. The van der Waals surface area contributed by atoms with E-state index in [1.165, 1.54) is 11.1 Å². The van der Waals surface area contributed by atoms with Gasteiger partial charge in [-0.2, -0.15) is 0 Å². The second-order valence-corrected chi connectivity index (χ2v) is 8.22. The van der Waals surface area contributed by atoms with Crippen LogP contribution in [0.2, 0.25) is 0 Å². The fourth-order valence-electron chi connectivity index (χ4n) is 5.64. The number of benzene rings is 2. The zero-order valence-electron chi connectivity index (χ0n) is 16.0. The van der Waals surface area contributed by atoms with Crippen LogP contribution in [0.15, 0.2) is 36.7 Å². The lowest BCUT2D eigenvalue weighted by atomic mass is 9.59. The van der Waals surface area contributed by atoms with Gasteiger partial charge in [0.25, 0.3) is 5.91 Å². The second kappa shape index (κ2) is 5.28. The number of carbonyl (C=O) groups excluding carboxylic acids is 1. The first kappa shape index (κ1) is 16.0. The molecule has 0 radical (unpaired) electrons. The van der Waals surface area contributed by atoms with Crippen molar-refractivity contribution in [3.05, 3.63) is 53.3 Å². The first-order valence-electron chi connectivity index (χ1n) is 9.85. The number of carbonyl (C=O) groups is 1. The normalized spacial score (nSPS) is 27.0. The van der Waals surface area contributed by atoms with Crippen molar-refractivity contribution in [2.24, 2.45) is 5.92 Å². The Balaban J connectivity index is 1.38. The van der Waals surface area contributed by atoms with Gasteiger partial charge in [0.15, 0.2) is 0 Å². The van der Waals surface area contributed by atoms with Crippen molar-refractivity contribution >= 4 is 22.6 Å². The summed E-state index contributed by atoms with van der Waals surface area (Å²) in [6.07, 6.45) is 3.49. The van der Waals surface area contributed by atoms with Gasteiger partial charge in [0.1, 0.15) is 5.75 Å². The predicted molar refractivity (Wildman–Crippen MR) is 107 cm³/mol. The number of amides is 1. The lowest BCUT2D eigenvalue weighted by Crippen LogP contribution is -2.66. The number of anilines is 1. The van der Waals surface area contributed by atoms with Gasteiger partial charge in [0.05, 0.1) is 35.7 Å². The van der Waals surface area contributed by atoms with E-state index in [1.807, 2.05) is 24.3 Å². The zero-order valence-corrected chi connectivity index (χ0v) is 16.0. The second-order valence-electron chi connectivity index (χ2n) is 8.22. The van der Waals surface area contributed by atoms with Crippen LogP contribution in [0.5, 0.6) is 5.75 Å². The number of piperidine rings is 1. The number of aromatic amines is 1. The lowest BCUT2D eigenvalue weighted by molar-refractivity contribution is 0.0231. The van der Waals surface area contributed by atoms with Crippen molar-refractivity contribution in [3.63, 3.8) is 0 Å². The van der Waals surface area contributed by atoms with E-state index < -0.39 is 0 Å². The van der Waals surface area contributed by atoms with Gasteiger partial charge in [-0.3, -0.25) is 4.79 Å². The number of fused-ring (bicyclic) bond motifs is 2. The minimum absolute atomic E-state index is 0.0216. The van der Waals surface area contributed by atoms with Gasteiger partial charge in [-0.05, 0) is 42.7 Å². The predicted octanol–water partition coefficient (Wildman–Crippen LogP) is 3.30. The van der Waals surface area contributed by atoms with E-state index in [9.17, 15) is 4.79 Å². The van der Waals surface area contributed by atoms with Crippen molar-refractivity contribution in [1.29, 1.82) is 0 Å². The summed E-state index contributed by atoms with van der Waals surface area (Å²) in [4.78, 5) is 22.8. The summed E-state index contributed by atoms with van der Waals surface area (Å²) in [6.45, 7) is 3.04. The van der Waals surface area contributed by atoms with E-state index in [1.54, 1.807) is 13.4 Å². The molecule has 6 nitrogen and oxygen atoms in total. The van der Waals surface area contributed by atoms with E-state index >= 15 is 0 Å². The molecule has 3 atom stereocenters. The van der Waals surface area contributed by atoms with Crippen molar-refractivity contribution in [2.75, 3.05) is 19.0 Å². The number of rotatable bonds is 2. The number of hydrogen-bond acceptors (Lipinski definition) is 4. The van der Waals surface area contributed by atoms with E-state index in [2.05, 4.69) is 33.2 Å². The number of likely N-dealkylation sites (tertiary alicyclic amines) is 1. The average molecular weight is 374 g/mol. The van der Waals surface area contributed by atoms with Crippen LogP contribution in [-0.4, -0.2) is 40.5 Å². The van der Waals surface area contributed by atoms with Gasteiger partial charge in [-0.15, -0.1) is 0 Å². The van der Waals surface area contributed by atoms with Crippen molar-refractivity contribution in [2.45, 2.75) is 31.3 Å². The first-order chi connectivity index (χ1) is 13.6. The van der Waals surface area contributed by atoms with E-state index in [0.717, 1.165) is 47.4 Å². The van der Waals surface area contributed by atoms with Crippen molar-refractivity contribution < 1.29 is 9.53 Å². The fourth-order valence-corrected chi connectivity index (χ4v) is 5.64. The third-order valence-corrected chi connectivity index (χ3v) is 7.13. The number of methoxy groups -OCH3 is 1. The minimum atomic E-state index is -0.0216. The highest BCUT2D eigenvalue weighted by atomic mass is 16.5. The van der Waals surface area contributed by atoms with Crippen LogP contribution in [0.4, 0.5) is 5.69 Å². The Morgan fingerprint density at radius 3 is 3.07 bits per heavy atom. The third-order valence-electron chi connectivity index (χ3n) is 7.13. The average Bonchev–Trinajstić information content (AvgIpc) is 3.15. The van der Waals surface area contributed by atoms with Gasteiger partial charge in [0, 0.05) is 29.6 Å². The highest BCUT2D eigenvalue weighted by Gasteiger charge is 2.58. The Morgan fingerprint density at radius 2 is 2.21 bits per heavy atom. The number of H-pyrrole nitrogens is 1. The number of imidazole rings is 1. The zero-order chi connectivity index (χ0) is 19.0. The summed E-state index contributed by atoms with van der Waals surface area (Å²) in [7, 11) is 1.72. The molecule has 0 unspecified atom stereocenters. The van der Waals surface area contributed by atoms with Crippen LogP contribution in [0.3, 0.4) is 0 Å². The minimum Gasteiger partial charge on any atom is -0.495 e. The number of nitrogens with one attached hydrogen (secondary N) is 2. The summed E-state index contributed by atoms with van der Waals surface area (Å²) < 4.78 is 5.53. The first-order valence-corrected chi connectivity index (χ1v) is 9.85. The van der Waals surface area contributed by atoms with Crippen LogP contribution in [0, 0.1) is 5.92 Å². The van der Waals surface area contributed by atoms with Crippen molar-refractivity contribution in [1.82, 2.24) is 14.9 Å². The summed E-state index contributed by atoms with van der Waals surface area (Å²) in [5, 5.41) is 3.72. The number of hydrogen-bond donors (Lipinski definition) is 2. The molecule has 1 spiro atoms. The summed E-state index contributed by atoms with van der Waals surface area (Å²) >= 11 is 0. The molecule has 1 saturated heterocycles. The molecule has 2 aliphatic heterocycles. The molecule has 3 aromatic rings. The Kier molecular flexibility index (Phi) is 3.01. The molecule has 6 heteroatoms. The molecule has 2 aromatic carbocycles. The molecule has 2 bridgehead atoms. The molecule has 3 heterocycles. The standard InChI is InChI=1S/C22H22N4O2/c1-12-17-10-13-4-6-18(28-2)20-19(13)22(12,25-20)7-8-26(17)21(27)14-3-5-15-16(9-14)24-11-23-15/h3-6,9,11-12,17,25H,7-8,10H2,1-2H3,(H,23,24)/t12-,17-,22+/m1/s1. The largest absolute Gasteiger partial charge is 0.495 e. The van der Waals surface area contributed by atoms with Crippen LogP contribution < -0.4 is 10.1 Å². The van der Waals surface area contributed by atoms with Crippen molar-refractivity contribution in [3.8, 4) is 5.75 Å². The molecular formula is C22H22N4O2. The van der Waals surface area contributed by atoms with Crippen LogP contribution in [0.25, 0.3) is 11.0 Å².